The molecule has 0 aliphatic carbocycles. The van der Waals surface area contributed by atoms with E-state index in [0.717, 1.165) is 22.8 Å². The van der Waals surface area contributed by atoms with Gasteiger partial charge < -0.3 is 20.1 Å². The SMILES string of the molecule is C[C@H](C[C@@H](Cc1ccc(-c2cc(Cl)ccc2Cl)cc1)NC(=O)c1cc(O)no1)C(=O)O. The van der Waals surface area contributed by atoms with Crippen LogP contribution in [0.2, 0.25) is 10.0 Å². The molecule has 0 unspecified atom stereocenters. The van der Waals surface area contributed by atoms with E-state index in [4.69, 9.17) is 27.7 Å². The molecule has 1 heterocycles. The number of hydrogen-bond acceptors (Lipinski definition) is 5. The second-order valence-electron chi connectivity index (χ2n) is 7.22. The summed E-state index contributed by atoms with van der Waals surface area (Å²) < 4.78 is 4.76. The van der Waals surface area contributed by atoms with Gasteiger partial charge in [0.05, 0.1) is 12.0 Å². The summed E-state index contributed by atoms with van der Waals surface area (Å²) in [6, 6.07) is 13.4. The Morgan fingerprint density at radius 2 is 1.84 bits per heavy atom. The number of aromatic nitrogens is 1. The zero-order valence-corrected chi connectivity index (χ0v) is 18.0. The Morgan fingerprint density at radius 3 is 2.45 bits per heavy atom. The Hall–Kier alpha value is -3.03. The first-order valence-electron chi connectivity index (χ1n) is 9.46. The molecular formula is C22H20Cl2N2O5. The van der Waals surface area contributed by atoms with Crippen molar-refractivity contribution >= 4 is 35.1 Å². The smallest absolute Gasteiger partial charge is 0.306 e. The predicted octanol–water partition coefficient (Wildman–Crippen LogP) is 4.81. The molecule has 9 heteroatoms. The number of carbonyl (C=O) groups excluding carboxylic acids is 1. The van der Waals surface area contributed by atoms with E-state index >= 15 is 0 Å². The summed E-state index contributed by atoms with van der Waals surface area (Å²) in [7, 11) is 0. The van der Waals surface area contributed by atoms with Crippen LogP contribution in [0.3, 0.4) is 0 Å². The van der Waals surface area contributed by atoms with Crippen molar-refractivity contribution in [3.05, 3.63) is 69.9 Å². The van der Waals surface area contributed by atoms with Crippen molar-refractivity contribution in [2.75, 3.05) is 0 Å². The zero-order valence-electron chi connectivity index (χ0n) is 16.5. The fourth-order valence-corrected chi connectivity index (χ4v) is 3.57. The van der Waals surface area contributed by atoms with Gasteiger partial charge in [0.15, 0.2) is 0 Å². The standard InChI is InChI=1S/C22H20Cl2N2O5/c1-12(22(29)30)8-16(25-21(28)19-11-20(27)26-31-19)9-13-2-4-14(5-3-13)17-10-15(23)6-7-18(17)24/h2-7,10-12,16H,8-9H2,1H3,(H,25,28)(H,26,27)(H,29,30)/t12-,16+/m1/s1. The molecule has 7 nitrogen and oxygen atoms in total. The normalized spacial score (nSPS) is 12.9. The molecule has 0 bridgehead atoms. The lowest BCUT2D eigenvalue weighted by atomic mass is 9.95. The number of nitrogens with one attached hydrogen (secondary N) is 1. The van der Waals surface area contributed by atoms with Gasteiger partial charge in [-0.15, -0.1) is 0 Å². The lowest BCUT2D eigenvalue weighted by Gasteiger charge is -2.20. The number of hydrogen-bond donors (Lipinski definition) is 3. The highest BCUT2D eigenvalue weighted by atomic mass is 35.5. The first-order valence-corrected chi connectivity index (χ1v) is 10.2. The summed E-state index contributed by atoms with van der Waals surface area (Å²) in [5.41, 5.74) is 2.58. The molecule has 0 spiro atoms. The van der Waals surface area contributed by atoms with Crippen molar-refractivity contribution in [2.45, 2.75) is 25.8 Å². The molecule has 1 aromatic heterocycles. The number of carboxylic acids is 1. The highest BCUT2D eigenvalue weighted by molar-refractivity contribution is 6.35. The number of nitrogens with zero attached hydrogens (tertiary/aromatic N) is 1. The molecule has 3 aromatic rings. The van der Waals surface area contributed by atoms with E-state index < -0.39 is 29.7 Å². The van der Waals surface area contributed by atoms with Crippen LogP contribution in [0.15, 0.2) is 53.1 Å². The summed E-state index contributed by atoms with van der Waals surface area (Å²) >= 11 is 12.3. The number of carbonyl (C=O) groups is 2. The van der Waals surface area contributed by atoms with Gasteiger partial charge >= 0.3 is 5.97 Å². The minimum Gasteiger partial charge on any atom is -0.491 e. The van der Waals surface area contributed by atoms with Crippen LogP contribution >= 0.6 is 23.2 Å². The van der Waals surface area contributed by atoms with Crippen molar-refractivity contribution in [2.24, 2.45) is 5.92 Å². The van der Waals surface area contributed by atoms with Gasteiger partial charge in [0.25, 0.3) is 11.8 Å². The van der Waals surface area contributed by atoms with Gasteiger partial charge in [0, 0.05) is 21.7 Å². The maximum absolute atomic E-state index is 12.4. The van der Waals surface area contributed by atoms with Gasteiger partial charge in [-0.2, -0.15) is 0 Å². The fraction of sp³-hybridized carbons (Fsp3) is 0.227. The minimum absolute atomic E-state index is 0.156. The number of halogens is 2. The van der Waals surface area contributed by atoms with E-state index in [9.17, 15) is 19.8 Å². The molecular weight excluding hydrogens is 443 g/mol. The Bertz CT molecular complexity index is 1080. The van der Waals surface area contributed by atoms with Gasteiger partial charge in [0.1, 0.15) is 0 Å². The van der Waals surface area contributed by atoms with Gasteiger partial charge in [-0.25, -0.2) is 0 Å². The average Bonchev–Trinajstić information content (AvgIpc) is 3.17. The molecule has 162 valence electrons. The molecule has 0 saturated carbocycles. The van der Waals surface area contributed by atoms with Crippen LogP contribution in [0.4, 0.5) is 0 Å². The summed E-state index contributed by atoms with van der Waals surface area (Å²) in [6.45, 7) is 1.58. The van der Waals surface area contributed by atoms with E-state index in [0.29, 0.717) is 16.5 Å². The number of aromatic hydroxyl groups is 1. The van der Waals surface area contributed by atoms with Crippen molar-refractivity contribution in [1.29, 1.82) is 0 Å². The molecule has 3 rings (SSSR count). The van der Waals surface area contributed by atoms with Crippen LogP contribution in [0.5, 0.6) is 5.88 Å². The van der Waals surface area contributed by atoms with Crippen molar-refractivity contribution in [3.8, 4) is 17.0 Å². The van der Waals surface area contributed by atoms with E-state index in [1.807, 2.05) is 24.3 Å². The fourth-order valence-electron chi connectivity index (χ4n) is 3.17. The number of carboxylic acid groups (broad SMARTS) is 1. The molecule has 2 aromatic carbocycles. The van der Waals surface area contributed by atoms with E-state index in [1.54, 1.807) is 25.1 Å². The zero-order chi connectivity index (χ0) is 22.5. The summed E-state index contributed by atoms with van der Waals surface area (Å²) in [5, 5.41) is 25.7. The van der Waals surface area contributed by atoms with Crippen molar-refractivity contribution < 1.29 is 24.3 Å². The molecule has 31 heavy (non-hydrogen) atoms. The van der Waals surface area contributed by atoms with Gasteiger partial charge in [-0.1, -0.05) is 54.4 Å². The Morgan fingerprint density at radius 1 is 1.13 bits per heavy atom. The first kappa shape index (κ1) is 22.7. The lowest BCUT2D eigenvalue weighted by molar-refractivity contribution is -0.141. The van der Waals surface area contributed by atoms with Crippen molar-refractivity contribution in [1.82, 2.24) is 10.5 Å². The minimum atomic E-state index is -0.956. The second-order valence-corrected chi connectivity index (χ2v) is 8.06. The first-order chi connectivity index (χ1) is 14.7. The van der Waals surface area contributed by atoms with Crippen LogP contribution in [-0.2, 0) is 11.2 Å². The van der Waals surface area contributed by atoms with Crippen molar-refractivity contribution in [3.63, 3.8) is 0 Å². The molecule has 2 atom stereocenters. The highest BCUT2D eigenvalue weighted by Gasteiger charge is 2.23. The number of amides is 1. The molecule has 0 fully saturated rings. The molecule has 0 radical (unpaired) electrons. The third-order valence-corrected chi connectivity index (χ3v) is 5.36. The van der Waals surface area contributed by atoms with Gasteiger partial charge in [-0.05, 0) is 47.3 Å². The topological polar surface area (TPSA) is 113 Å². The van der Waals surface area contributed by atoms with E-state index in [2.05, 4.69) is 10.5 Å². The largest absolute Gasteiger partial charge is 0.491 e. The van der Waals surface area contributed by atoms with Gasteiger partial charge in [-0.3, -0.25) is 9.59 Å². The summed E-state index contributed by atoms with van der Waals surface area (Å²) in [4.78, 5) is 23.7. The highest BCUT2D eigenvalue weighted by Crippen LogP contribution is 2.31. The van der Waals surface area contributed by atoms with Gasteiger partial charge in [0.2, 0.25) is 5.76 Å². The number of benzene rings is 2. The molecule has 1 amide bonds. The predicted molar refractivity (Wildman–Crippen MR) is 116 cm³/mol. The monoisotopic (exact) mass is 462 g/mol. The van der Waals surface area contributed by atoms with Crippen LogP contribution in [0.1, 0.15) is 29.5 Å². The number of rotatable bonds is 8. The summed E-state index contributed by atoms with van der Waals surface area (Å²) in [6.07, 6.45) is 0.607. The quantitative estimate of drug-likeness (QED) is 0.442. The lowest BCUT2D eigenvalue weighted by Crippen LogP contribution is -2.38. The molecule has 3 N–H and O–H groups in total. The third-order valence-electron chi connectivity index (χ3n) is 4.79. The molecule has 0 aliphatic heterocycles. The summed E-state index contributed by atoms with van der Waals surface area (Å²) in [5.74, 6) is -2.77. The Kier molecular flexibility index (Phi) is 7.20. The Balaban J connectivity index is 1.77. The van der Waals surface area contributed by atoms with E-state index in [1.165, 1.54) is 0 Å². The van der Waals surface area contributed by atoms with Crippen LogP contribution < -0.4 is 5.32 Å². The Labute approximate surface area is 188 Å². The van der Waals surface area contributed by atoms with E-state index in [-0.39, 0.29) is 12.2 Å². The van der Waals surface area contributed by atoms with Crippen LogP contribution in [0.25, 0.3) is 11.1 Å². The molecule has 0 saturated heterocycles. The third kappa shape index (κ3) is 5.99. The maximum Gasteiger partial charge on any atom is 0.306 e. The maximum atomic E-state index is 12.4. The second kappa shape index (κ2) is 9.85. The van der Waals surface area contributed by atoms with Crippen LogP contribution in [-0.4, -0.2) is 33.3 Å². The van der Waals surface area contributed by atoms with Crippen LogP contribution in [0, 0.1) is 5.92 Å². The average molecular weight is 463 g/mol. The number of aliphatic carboxylic acids is 1. The molecule has 0 aliphatic rings.